The van der Waals surface area contributed by atoms with Crippen LogP contribution in [0.25, 0.3) is 0 Å². The van der Waals surface area contributed by atoms with Crippen molar-refractivity contribution in [1.29, 1.82) is 0 Å². The largest absolute Gasteiger partial charge is 0.462 e. The maximum atomic E-state index is 12.8. The third-order valence-corrected chi connectivity index (χ3v) is 11.3. The molecule has 0 bridgehead atoms. The van der Waals surface area contributed by atoms with Crippen molar-refractivity contribution < 1.29 is 28.6 Å². The molecule has 1 unspecified atom stereocenters. The van der Waals surface area contributed by atoms with Crippen molar-refractivity contribution in [2.45, 2.75) is 258 Å². The molecule has 0 aromatic rings. The summed E-state index contributed by atoms with van der Waals surface area (Å²) in [4.78, 5) is 38.0. The van der Waals surface area contributed by atoms with Gasteiger partial charge in [0.25, 0.3) is 0 Å². The van der Waals surface area contributed by atoms with Gasteiger partial charge in [0.05, 0.1) is 0 Å². The van der Waals surface area contributed by atoms with Crippen LogP contribution < -0.4 is 0 Å². The highest BCUT2D eigenvalue weighted by Gasteiger charge is 2.19. The Hall–Kier alpha value is -3.15. The van der Waals surface area contributed by atoms with Crippen molar-refractivity contribution in [3.05, 3.63) is 72.9 Å². The van der Waals surface area contributed by atoms with E-state index in [1.807, 2.05) is 0 Å². The highest BCUT2D eigenvalue weighted by molar-refractivity contribution is 5.71. The van der Waals surface area contributed by atoms with E-state index in [1.165, 1.54) is 96.3 Å². The fourth-order valence-electron chi connectivity index (χ4n) is 7.34. The summed E-state index contributed by atoms with van der Waals surface area (Å²) in [6.45, 7) is 6.37. The highest BCUT2D eigenvalue weighted by atomic mass is 16.6. The molecule has 6 heteroatoms. The molecule has 6 nitrogen and oxygen atoms in total. The van der Waals surface area contributed by atoms with Crippen LogP contribution in [0.1, 0.15) is 252 Å². The Labute approximate surface area is 389 Å². The van der Waals surface area contributed by atoms with Crippen molar-refractivity contribution in [1.82, 2.24) is 0 Å². The van der Waals surface area contributed by atoms with Crippen molar-refractivity contribution >= 4 is 17.9 Å². The number of hydrogen-bond donors (Lipinski definition) is 0. The summed E-state index contributed by atoms with van der Waals surface area (Å²) >= 11 is 0. The smallest absolute Gasteiger partial charge is 0.306 e. The van der Waals surface area contributed by atoms with Gasteiger partial charge in [0.2, 0.25) is 0 Å². The quantitative estimate of drug-likeness (QED) is 0.0199. The van der Waals surface area contributed by atoms with Crippen LogP contribution in [-0.4, -0.2) is 37.2 Å². The van der Waals surface area contributed by atoms with Crippen LogP contribution in [-0.2, 0) is 28.6 Å². The van der Waals surface area contributed by atoms with Crippen LogP contribution in [0.4, 0.5) is 0 Å². The molecule has 0 radical (unpaired) electrons. The lowest BCUT2D eigenvalue weighted by Crippen LogP contribution is -2.30. The van der Waals surface area contributed by atoms with E-state index in [0.29, 0.717) is 19.3 Å². The first-order chi connectivity index (χ1) is 31.0. The lowest BCUT2D eigenvalue weighted by atomic mass is 10.0. The van der Waals surface area contributed by atoms with Gasteiger partial charge in [0.1, 0.15) is 13.2 Å². The molecular weight excluding hydrogens is 781 g/mol. The molecule has 0 aromatic carbocycles. The third kappa shape index (κ3) is 49.7. The van der Waals surface area contributed by atoms with Crippen molar-refractivity contribution in [3.63, 3.8) is 0 Å². The molecule has 63 heavy (non-hydrogen) atoms. The molecule has 0 saturated carbocycles. The van der Waals surface area contributed by atoms with Crippen LogP contribution >= 0.6 is 0 Å². The summed E-state index contributed by atoms with van der Waals surface area (Å²) in [6.07, 6.45) is 64.6. The minimum atomic E-state index is -0.793. The average Bonchev–Trinajstić information content (AvgIpc) is 3.28. The van der Waals surface area contributed by atoms with Crippen LogP contribution in [0.15, 0.2) is 72.9 Å². The summed E-state index contributed by atoms with van der Waals surface area (Å²) < 4.78 is 16.8. The fourth-order valence-corrected chi connectivity index (χ4v) is 7.34. The second kappa shape index (κ2) is 51.5. The number of carbonyl (C=O) groups is 3. The maximum absolute atomic E-state index is 12.8. The molecule has 0 heterocycles. The van der Waals surface area contributed by atoms with Gasteiger partial charge in [0.15, 0.2) is 6.10 Å². The third-order valence-electron chi connectivity index (χ3n) is 11.3. The lowest BCUT2D eigenvalue weighted by Gasteiger charge is -2.18. The molecule has 0 aliphatic carbocycles. The first-order valence-electron chi connectivity index (χ1n) is 26.5. The SMILES string of the molecule is CC\C=C/C=C\C=C/CCCCCCCC(=O)OCC(COC(=O)CCCCCCCCCCCCCCCCCCCC)OC(=O)CCCCCC/C=C\C/C=C\C/C=C\CC. The first-order valence-corrected chi connectivity index (χ1v) is 26.5. The molecule has 0 amide bonds. The van der Waals surface area contributed by atoms with Gasteiger partial charge in [0, 0.05) is 19.3 Å². The van der Waals surface area contributed by atoms with Crippen molar-refractivity contribution in [3.8, 4) is 0 Å². The van der Waals surface area contributed by atoms with Gasteiger partial charge >= 0.3 is 17.9 Å². The van der Waals surface area contributed by atoms with Crippen LogP contribution in [0.5, 0.6) is 0 Å². The van der Waals surface area contributed by atoms with Crippen LogP contribution in [0.2, 0.25) is 0 Å². The van der Waals surface area contributed by atoms with E-state index in [2.05, 4.69) is 93.7 Å². The van der Waals surface area contributed by atoms with Gasteiger partial charge in [-0.15, -0.1) is 0 Å². The van der Waals surface area contributed by atoms with E-state index in [9.17, 15) is 14.4 Å². The maximum Gasteiger partial charge on any atom is 0.306 e. The van der Waals surface area contributed by atoms with E-state index in [1.54, 1.807) is 0 Å². The Morgan fingerprint density at radius 2 is 0.698 bits per heavy atom. The second-order valence-electron chi connectivity index (χ2n) is 17.4. The van der Waals surface area contributed by atoms with E-state index in [-0.39, 0.29) is 31.1 Å². The number of rotatable bonds is 47. The molecule has 0 aliphatic rings. The molecule has 1 atom stereocenters. The Balaban J connectivity index is 4.39. The molecular formula is C57H98O6. The monoisotopic (exact) mass is 879 g/mol. The molecule has 0 rings (SSSR count). The fraction of sp³-hybridized carbons (Fsp3) is 0.737. The molecule has 0 aliphatic heterocycles. The van der Waals surface area contributed by atoms with Gasteiger partial charge in [-0.25, -0.2) is 0 Å². The Kier molecular flexibility index (Phi) is 48.9. The Morgan fingerprint density at radius 3 is 1.14 bits per heavy atom. The van der Waals surface area contributed by atoms with Crippen molar-refractivity contribution in [2.75, 3.05) is 13.2 Å². The molecule has 0 spiro atoms. The molecule has 0 saturated heterocycles. The summed E-state index contributed by atoms with van der Waals surface area (Å²) in [5.74, 6) is -0.929. The number of hydrogen-bond acceptors (Lipinski definition) is 6. The normalized spacial score (nSPS) is 12.6. The van der Waals surface area contributed by atoms with E-state index >= 15 is 0 Å². The van der Waals surface area contributed by atoms with E-state index in [4.69, 9.17) is 14.2 Å². The predicted octanol–water partition coefficient (Wildman–Crippen LogP) is 17.4. The minimum Gasteiger partial charge on any atom is -0.462 e. The second-order valence-corrected chi connectivity index (χ2v) is 17.4. The summed E-state index contributed by atoms with van der Waals surface area (Å²) in [5, 5.41) is 0. The van der Waals surface area contributed by atoms with Gasteiger partial charge in [-0.05, 0) is 70.6 Å². The summed E-state index contributed by atoms with van der Waals surface area (Å²) in [5.41, 5.74) is 0. The number of esters is 3. The molecule has 0 aromatic heterocycles. The van der Waals surface area contributed by atoms with Crippen LogP contribution in [0.3, 0.4) is 0 Å². The zero-order valence-corrected chi connectivity index (χ0v) is 41.3. The van der Waals surface area contributed by atoms with E-state index in [0.717, 1.165) is 116 Å². The standard InChI is InChI=1S/C57H98O6/c1-4-7-10-13-16-19-22-25-27-28-29-30-33-35-38-41-44-47-50-56(59)62-53-54(52-61-55(58)49-46-43-40-37-34-31-24-21-18-15-12-9-6-3)63-57(60)51-48-45-42-39-36-32-26-23-20-17-14-11-8-5-2/h8-9,11-12,15,17-18,20-21,24,26,32,54H,4-7,10,13-14,16,19,22-23,25,27-31,33-53H2,1-3H3/b11-8-,12-9-,18-15-,20-17-,24-21-,32-26-. The number of allylic oxidation sites excluding steroid dienone is 12. The average molecular weight is 879 g/mol. The van der Waals surface area contributed by atoms with Gasteiger partial charge in [-0.2, -0.15) is 0 Å². The minimum absolute atomic E-state index is 0.0897. The molecule has 0 N–H and O–H groups in total. The predicted molar refractivity (Wildman–Crippen MR) is 270 cm³/mol. The summed E-state index contributed by atoms with van der Waals surface area (Å²) in [6, 6.07) is 0. The number of ether oxygens (including phenoxy) is 3. The zero-order valence-electron chi connectivity index (χ0n) is 41.3. The van der Waals surface area contributed by atoms with Crippen molar-refractivity contribution in [2.24, 2.45) is 0 Å². The lowest BCUT2D eigenvalue weighted by molar-refractivity contribution is -0.167. The first kappa shape index (κ1) is 59.9. The Morgan fingerprint density at radius 1 is 0.349 bits per heavy atom. The molecule has 0 fully saturated rings. The topological polar surface area (TPSA) is 78.9 Å². The number of carbonyl (C=O) groups excluding carboxylic acids is 3. The zero-order chi connectivity index (χ0) is 45.8. The van der Waals surface area contributed by atoms with E-state index < -0.39 is 6.10 Å². The van der Waals surface area contributed by atoms with Gasteiger partial charge < -0.3 is 14.2 Å². The Bertz CT molecular complexity index is 1190. The van der Waals surface area contributed by atoms with Gasteiger partial charge in [-0.1, -0.05) is 235 Å². The van der Waals surface area contributed by atoms with Crippen LogP contribution in [0, 0.1) is 0 Å². The highest BCUT2D eigenvalue weighted by Crippen LogP contribution is 2.16. The summed E-state index contributed by atoms with van der Waals surface area (Å²) in [7, 11) is 0. The van der Waals surface area contributed by atoms with Gasteiger partial charge in [-0.3, -0.25) is 14.4 Å². The molecule has 362 valence electrons. The number of unbranched alkanes of at least 4 members (excludes halogenated alkanes) is 26.